The van der Waals surface area contributed by atoms with Crippen molar-refractivity contribution in [1.82, 2.24) is 4.90 Å². The lowest BCUT2D eigenvalue weighted by molar-refractivity contribution is -0.142. The second-order valence-corrected chi connectivity index (χ2v) is 6.41. The number of carboxylic acid groups (broad SMARTS) is 1. The Morgan fingerprint density at radius 2 is 1.63 bits per heavy atom. The van der Waals surface area contributed by atoms with E-state index in [9.17, 15) is 19.5 Å². The molecule has 0 spiro atoms. The molecule has 1 aliphatic rings. The van der Waals surface area contributed by atoms with Crippen LogP contribution in [-0.2, 0) is 14.4 Å². The molecule has 1 unspecified atom stereocenters. The third kappa shape index (κ3) is 3.60. The van der Waals surface area contributed by atoms with Crippen LogP contribution in [-0.4, -0.2) is 39.3 Å². The molecule has 0 bridgehead atoms. The van der Waals surface area contributed by atoms with E-state index in [4.69, 9.17) is 5.11 Å². The summed E-state index contributed by atoms with van der Waals surface area (Å²) in [5, 5.41) is 19.7. The lowest BCUT2D eigenvalue weighted by Gasteiger charge is -2.24. The van der Waals surface area contributed by atoms with E-state index in [1.807, 2.05) is 19.1 Å². The Morgan fingerprint density at radius 3 is 2.22 bits per heavy atom. The zero-order valence-corrected chi connectivity index (χ0v) is 14.8. The summed E-state index contributed by atoms with van der Waals surface area (Å²) in [5.74, 6) is -2.95. The van der Waals surface area contributed by atoms with Gasteiger partial charge in [-0.15, -0.1) is 0 Å². The van der Waals surface area contributed by atoms with Crippen LogP contribution in [0.25, 0.3) is 5.76 Å². The lowest BCUT2D eigenvalue weighted by atomic mass is 9.94. The maximum absolute atomic E-state index is 12.7. The van der Waals surface area contributed by atoms with Gasteiger partial charge in [-0.3, -0.25) is 14.4 Å². The van der Waals surface area contributed by atoms with Crippen LogP contribution in [0.4, 0.5) is 0 Å². The number of hydrogen-bond acceptors (Lipinski definition) is 4. The van der Waals surface area contributed by atoms with Crippen LogP contribution < -0.4 is 0 Å². The molecule has 6 heteroatoms. The van der Waals surface area contributed by atoms with Gasteiger partial charge in [-0.1, -0.05) is 60.2 Å². The Kier molecular flexibility index (Phi) is 5.07. The zero-order valence-electron chi connectivity index (χ0n) is 14.8. The Labute approximate surface area is 156 Å². The van der Waals surface area contributed by atoms with Crippen molar-refractivity contribution in [1.29, 1.82) is 0 Å². The molecule has 2 aromatic carbocycles. The Hall–Kier alpha value is -3.41. The van der Waals surface area contributed by atoms with Gasteiger partial charge in [-0.25, -0.2) is 0 Å². The van der Waals surface area contributed by atoms with Crippen molar-refractivity contribution in [3.8, 4) is 0 Å². The predicted molar refractivity (Wildman–Crippen MR) is 98.9 cm³/mol. The Balaban J connectivity index is 2.14. The minimum Gasteiger partial charge on any atom is -0.507 e. The van der Waals surface area contributed by atoms with Gasteiger partial charge < -0.3 is 15.1 Å². The molecule has 3 rings (SSSR count). The molecule has 2 aromatic rings. The van der Waals surface area contributed by atoms with Gasteiger partial charge >= 0.3 is 5.97 Å². The highest BCUT2D eigenvalue weighted by molar-refractivity contribution is 6.46. The van der Waals surface area contributed by atoms with Gasteiger partial charge in [0, 0.05) is 12.1 Å². The van der Waals surface area contributed by atoms with Crippen LogP contribution >= 0.6 is 0 Å². The number of aliphatic hydroxyl groups excluding tert-OH is 1. The maximum atomic E-state index is 12.7. The first-order chi connectivity index (χ1) is 12.9. The number of Topliss-reactive ketones (excluding diaryl/α,β-unsaturated/α-hetero) is 1. The van der Waals surface area contributed by atoms with Crippen molar-refractivity contribution in [3.05, 3.63) is 76.9 Å². The van der Waals surface area contributed by atoms with Gasteiger partial charge in [0.2, 0.25) is 0 Å². The van der Waals surface area contributed by atoms with Crippen molar-refractivity contribution in [2.75, 3.05) is 6.54 Å². The molecule has 0 aliphatic carbocycles. The van der Waals surface area contributed by atoms with E-state index in [0.717, 1.165) is 5.56 Å². The van der Waals surface area contributed by atoms with Crippen LogP contribution in [0.3, 0.4) is 0 Å². The van der Waals surface area contributed by atoms with E-state index in [2.05, 4.69) is 0 Å². The van der Waals surface area contributed by atoms with Crippen molar-refractivity contribution in [2.24, 2.45) is 0 Å². The number of rotatable bonds is 5. The Bertz CT molecular complexity index is 915. The maximum Gasteiger partial charge on any atom is 0.305 e. The minimum atomic E-state index is -1.07. The molecule has 6 nitrogen and oxygen atoms in total. The van der Waals surface area contributed by atoms with Crippen molar-refractivity contribution in [2.45, 2.75) is 19.4 Å². The van der Waals surface area contributed by atoms with Crippen LogP contribution in [0.2, 0.25) is 0 Å². The van der Waals surface area contributed by atoms with Gasteiger partial charge in [0.25, 0.3) is 11.7 Å². The summed E-state index contributed by atoms with van der Waals surface area (Å²) in [7, 11) is 0. The van der Waals surface area contributed by atoms with E-state index in [0.29, 0.717) is 11.1 Å². The predicted octanol–water partition coefficient (Wildman–Crippen LogP) is 2.89. The fourth-order valence-electron chi connectivity index (χ4n) is 3.17. The lowest BCUT2D eigenvalue weighted by Crippen LogP contribution is -2.31. The molecule has 1 fully saturated rings. The van der Waals surface area contributed by atoms with Gasteiger partial charge in [0.1, 0.15) is 5.76 Å². The van der Waals surface area contributed by atoms with Crippen molar-refractivity contribution in [3.63, 3.8) is 0 Å². The highest BCUT2D eigenvalue weighted by Gasteiger charge is 2.45. The molecular formula is C21H19NO5. The number of aliphatic carboxylic acids is 1. The highest BCUT2D eigenvalue weighted by atomic mass is 16.4. The first-order valence-electron chi connectivity index (χ1n) is 8.52. The molecule has 1 heterocycles. The fraction of sp³-hybridized carbons (Fsp3) is 0.190. The van der Waals surface area contributed by atoms with E-state index in [1.165, 1.54) is 4.90 Å². The standard InChI is InChI=1S/C21H19NO5/c1-13-7-9-14(10-8-13)18-17(19(25)15-5-3-2-4-6-15)20(26)21(27)22(18)12-11-16(23)24/h2-10,18,25H,11-12H2,1H3,(H,23,24)/b19-17+. The third-order valence-corrected chi connectivity index (χ3v) is 4.55. The number of nitrogens with zero attached hydrogens (tertiary/aromatic N) is 1. The third-order valence-electron chi connectivity index (χ3n) is 4.55. The molecule has 0 radical (unpaired) electrons. The van der Waals surface area contributed by atoms with Gasteiger partial charge in [0.05, 0.1) is 18.0 Å². The van der Waals surface area contributed by atoms with Crippen LogP contribution in [0, 0.1) is 6.92 Å². The summed E-state index contributed by atoms with van der Waals surface area (Å²) >= 11 is 0. The first-order valence-corrected chi connectivity index (χ1v) is 8.52. The average molecular weight is 365 g/mol. The minimum absolute atomic E-state index is 0.0274. The number of likely N-dealkylation sites (tertiary alicyclic amines) is 1. The largest absolute Gasteiger partial charge is 0.507 e. The molecule has 0 aromatic heterocycles. The number of ketones is 1. The molecule has 1 atom stereocenters. The summed E-state index contributed by atoms with van der Waals surface area (Å²) in [5.41, 5.74) is 2.04. The highest BCUT2D eigenvalue weighted by Crippen LogP contribution is 2.39. The van der Waals surface area contributed by atoms with Crippen LogP contribution in [0.1, 0.15) is 29.2 Å². The van der Waals surface area contributed by atoms with E-state index in [1.54, 1.807) is 42.5 Å². The van der Waals surface area contributed by atoms with Gasteiger partial charge in [0.15, 0.2) is 0 Å². The second kappa shape index (κ2) is 7.45. The summed E-state index contributed by atoms with van der Waals surface area (Å²) in [4.78, 5) is 37.4. The number of aryl methyl sites for hydroxylation is 1. The molecule has 138 valence electrons. The smallest absolute Gasteiger partial charge is 0.305 e. The van der Waals surface area contributed by atoms with Gasteiger partial charge in [-0.2, -0.15) is 0 Å². The molecule has 1 amide bonds. The van der Waals surface area contributed by atoms with Crippen molar-refractivity contribution >= 4 is 23.4 Å². The summed E-state index contributed by atoms with van der Waals surface area (Å²) in [6.45, 7) is 1.79. The number of amides is 1. The van der Waals surface area contributed by atoms with E-state index >= 15 is 0 Å². The molecule has 27 heavy (non-hydrogen) atoms. The summed E-state index contributed by atoms with van der Waals surface area (Å²) < 4.78 is 0. The average Bonchev–Trinajstić information content (AvgIpc) is 2.91. The van der Waals surface area contributed by atoms with Crippen LogP contribution in [0.5, 0.6) is 0 Å². The van der Waals surface area contributed by atoms with Crippen LogP contribution in [0.15, 0.2) is 60.2 Å². The molecule has 2 N–H and O–H groups in total. The normalized spacial score (nSPS) is 18.7. The summed E-state index contributed by atoms with van der Waals surface area (Å²) in [6.07, 6.45) is -0.291. The number of carboxylic acids is 1. The molecule has 1 aliphatic heterocycles. The Morgan fingerprint density at radius 1 is 1.00 bits per heavy atom. The van der Waals surface area contributed by atoms with E-state index < -0.39 is 23.7 Å². The number of carbonyl (C=O) groups is 3. The van der Waals surface area contributed by atoms with E-state index in [-0.39, 0.29) is 24.3 Å². The monoisotopic (exact) mass is 365 g/mol. The second-order valence-electron chi connectivity index (χ2n) is 6.41. The van der Waals surface area contributed by atoms with Crippen molar-refractivity contribution < 1.29 is 24.6 Å². The first kappa shape index (κ1) is 18.4. The summed E-state index contributed by atoms with van der Waals surface area (Å²) in [6, 6.07) is 14.9. The number of hydrogen-bond donors (Lipinski definition) is 2. The SMILES string of the molecule is Cc1ccc(C2/C(=C(\O)c3ccccc3)C(=O)C(=O)N2CCC(=O)O)cc1. The van der Waals surface area contributed by atoms with Gasteiger partial charge in [-0.05, 0) is 12.5 Å². The molecular weight excluding hydrogens is 346 g/mol. The fourth-order valence-corrected chi connectivity index (χ4v) is 3.17. The topological polar surface area (TPSA) is 94.9 Å². The molecule has 0 saturated carbocycles. The molecule has 1 saturated heterocycles. The zero-order chi connectivity index (χ0) is 19.6. The number of carbonyl (C=O) groups excluding carboxylic acids is 2. The quantitative estimate of drug-likeness (QED) is 0.483. The number of aliphatic hydroxyl groups is 1. The number of benzene rings is 2.